The van der Waals surface area contributed by atoms with E-state index >= 15 is 0 Å². The second kappa shape index (κ2) is 5.72. The van der Waals surface area contributed by atoms with Gasteiger partial charge in [-0.05, 0) is 32.7 Å². The molecule has 2 heteroatoms. The summed E-state index contributed by atoms with van der Waals surface area (Å²) in [6.45, 7) is 4.48. The van der Waals surface area contributed by atoms with Crippen molar-refractivity contribution in [2.75, 3.05) is 7.05 Å². The van der Waals surface area contributed by atoms with Crippen molar-refractivity contribution < 1.29 is 0 Å². The predicted octanol–water partition coefficient (Wildman–Crippen LogP) is 2.38. The highest BCUT2D eigenvalue weighted by Crippen LogP contribution is 2.27. The molecule has 0 aromatic carbocycles. The standard InChI is InChI=1S/C12H26N2/c1-4-7-11(13)12(5-2)14(3)10-8-6-9-10/h10-12H,4-9,13H2,1-3H3. The molecule has 0 heterocycles. The number of nitrogens with two attached hydrogens (primary N) is 1. The molecule has 84 valence electrons. The van der Waals surface area contributed by atoms with E-state index in [4.69, 9.17) is 5.73 Å². The minimum atomic E-state index is 0.371. The highest BCUT2D eigenvalue weighted by Gasteiger charge is 2.29. The molecule has 2 N–H and O–H groups in total. The molecule has 1 rings (SSSR count). The zero-order valence-corrected chi connectivity index (χ0v) is 10.00. The molecule has 0 aliphatic heterocycles. The summed E-state index contributed by atoms with van der Waals surface area (Å²) in [5.74, 6) is 0. The first kappa shape index (κ1) is 12.0. The third-order valence-electron chi connectivity index (χ3n) is 3.71. The van der Waals surface area contributed by atoms with Gasteiger partial charge in [0.15, 0.2) is 0 Å². The van der Waals surface area contributed by atoms with Crippen LogP contribution in [0.5, 0.6) is 0 Å². The molecule has 1 saturated carbocycles. The van der Waals surface area contributed by atoms with Crippen molar-refractivity contribution in [2.45, 2.75) is 70.5 Å². The van der Waals surface area contributed by atoms with Crippen molar-refractivity contribution in [3.05, 3.63) is 0 Å². The Labute approximate surface area is 88.8 Å². The van der Waals surface area contributed by atoms with E-state index in [1.807, 2.05) is 0 Å². The Morgan fingerprint density at radius 1 is 1.36 bits per heavy atom. The lowest BCUT2D eigenvalue weighted by atomic mass is 9.88. The van der Waals surface area contributed by atoms with Gasteiger partial charge in [0.2, 0.25) is 0 Å². The van der Waals surface area contributed by atoms with Crippen LogP contribution in [0.4, 0.5) is 0 Å². The first-order chi connectivity index (χ1) is 6.70. The smallest absolute Gasteiger partial charge is 0.0244 e. The minimum Gasteiger partial charge on any atom is -0.326 e. The average molecular weight is 198 g/mol. The maximum absolute atomic E-state index is 6.21. The van der Waals surface area contributed by atoms with Gasteiger partial charge < -0.3 is 5.73 Å². The highest BCUT2D eigenvalue weighted by molar-refractivity contribution is 4.87. The summed E-state index contributed by atoms with van der Waals surface area (Å²) < 4.78 is 0. The lowest BCUT2D eigenvalue weighted by molar-refractivity contribution is 0.0905. The summed E-state index contributed by atoms with van der Waals surface area (Å²) >= 11 is 0. The summed E-state index contributed by atoms with van der Waals surface area (Å²) in [6, 6.07) is 1.79. The number of rotatable bonds is 6. The summed E-state index contributed by atoms with van der Waals surface area (Å²) in [7, 11) is 2.26. The second-order valence-electron chi connectivity index (χ2n) is 4.68. The van der Waals surface area contributed by atoms with E-state index in [0.29, 0.717) is 12.1 Å². The number of hydrogen-bond acceptors (Lipinski definition) is 2. The molecule has 0 spiro atoms. The van der Waals surface area contributed by atoms with Crippen LogP contribution in [-0.4, -0.2) is 30.1 Å². The van der Waals surface area contributed by atoms with Crippen molar-refractivity contribution in [1.82, 2.24) is 4.90 Å². The Morgan fingerprint density at radius 2 is 2.00 bits per heavy atom. The topological polar surface area (TPSA) is 29.3 Å². The summed E-state index contributed by atoms with van der Waals surface area (Å²) in [5, 5.41) is 0. The lowest BCUT2D eigenvalue weighted by Gasteiger charge is -2.42. The molecule has 2 nitrogen and oxygen atoms in total. The van der Waals surface area contributed by atoms with Gasteiger partial charge >= 0.3 is 0 Å². The molecule has 0 aromatic rings. The van der Waals surface area contributed by atoms with Gasteiger partial charge in [-0.1, -0.05) is 26.7 Å². The quantitative estimate of drug-likeness (QED) is 0.710. The maximum atomic E-state index is 6.21. The molecule has 0 bridgehead atoms. The first-order valence-corrected chi connectivity index (χ1v) is 6.18. The fourth-order valence-corrected chi connectivity index (χ4v) is 2.48. The molecule has 2 atom stereocenters. The zero-order chi connectivity index (χ0) is 10.6. The van der Waals surface area contributed by atoms with Crippen LogP contribution < -0.4 is 5.73 Å². The zero-order valence-electron chi connectivity index (χ0n) is 10.00. The van der Waals surface area contributed by atoms with E-state index in [0.717, 1.165) is 12.5 Å². The lowest BCUT2D eigenvalue weighted by Crippen LogP contribution is -2.51. The van der Waals surface area contributed by atoms with Crippen molar-refractivity contribution >= 4 is 0 Å². The third kappa shape index (κ3) is 2.71. The molecule has 0 amide bonds. The molecule has 1 aliphatic rings. The Bertz CT molecular complexity index is 154. The largest absolute Gasteiger partial charge is 0.326 e. The molecule has 14 heavy (non-hydrogen) atoms. The number of likely N-dealkylation sites (N-methyl/N-ethyl adjacent to an activating group) is 1. The predicted molar refractivity (Wildman–Crippen MR) is 62.4 cm³/mol. The second-order valence-corrected chi connectivity index (χ2v) is 4.68. The molecule has 0 saturated heterocycles. The van der Waals surface area contributed by atoms with Crippen molar-refractivity contribution in [3.8, 4) is 0 Å². The number of nitrogens with zero attached hydrogens (tertiary/aromatic N) is 1. The molecule has 0 aromatic heterocycles. The average Bonchev–Trinajstić information content (AvgIpc) is 2.02. The highest BCUT2D eigenvalue weighted by atomic mass is 15.2. The summed E-state index contributed by atoms with van der Waals surface area (Å²) in [6.07, 6.45) is 7.73. The van der Waals surface area contributed by atoms with Gasteiger partial charge in [-0.15, -0.1) is 0 Å². The van der Waals surface area contributed by atoms with Crippen molar-refractivity contribution in [3.63, 3.8) is 0 Å². The van der Waals surface area contributed by atoms with Crippen LogP contribution in [0, 0.1) is 0 Å². The molecule has 0 radical (unpaired) electrons. The van der Waals surface area contributed by atoms with Crippen LogP contribution in [0.3, 0.4) is 0 Å². The van der Waals surface area contributed by atoms with E-state index in [1.54, 1.807) is 0 Å². The van der Waals surface area contributed by atoms with Crippen LogP contribution >= 0.6 is 0 Å². The van der Waals surface area contributed by atoms with Gasteiger partial charge in [-0.2, -0.15) is 0 Å². The summed E-state index contributed by atoms with van der Waals surface area (Å²) in [4.78, 5) is 2.53. The maximum Gasteiger partial charge on any atom is 0.0244 e. The van der Waals surface area contributed by atoms with Gasteiger partial charge in [0.25, 0.3) is 0 Å². The van der Waals surface area contributed by atoms with E-state index in [-0.39, 0.29) is 0 Å². The van der Waals surface area contributed by atoms with Gasteiger partial charge in [0.1, 0.15) is 0 Å². The molecular formula is C12H26N2. The van der Waals surface area contributed by atoms with Crippen LogP contribution in [0.2, 0.25) is 0 Å². The third-order valence-corrected chi connectivity index (χ3v) is 3.71. The SMILES string of the molecule is CCCC(N)C(CC)N(C)C1CCC1. The van der Waals surface area contributed by atoms with Crippen LogP contribution in [0.25, 0.3) is 0 Å². The molecular weight excluding hydrogens is 172 g/mol. The Kier molecular flexibility index (Phi) is 4.90. The van der Waals surface area contributed by atoms with E-state index < -0.39 is 0 Å². The fourth-order valence-electron chi connectivity index (χ4n) is 2.48. The van der Waals surface area contributed by atoms with Crippen LogP contribution in [-0.2, 0) is 0 Å². The Balaban J connectivity index is 2.41. The Hall–Kier alpha value is -0.0800. The monoisotopic (exact) mass is 198 g/mol. The van der Waals surface area contributed by atoms with E-state index in [1.165, 1.54) is 32.1 Å². The molecule has 2 unspecified atom stereocenters. The normalized spacial score (nSPS) is 22.1. The van der Waals surface area contributed by atoms with Gasteiger partial charge in [0, 0.05) is 18.1 Å². The number of hydrogen-bond donors (Lipinski definition) is 1. The van der Waals surface area contributed by atoms with E-state index in [2.05, 4.69) is 25.8 Å². The van der Waals surface area contributed by atoms with Crippen molar-refractivity contribution in [2.24, 2.45) is 5.73 Å². The fraction of sp³-hybridized carbons (Fsp3) is 1.00. The van der Waals surface area contributed by atoms with Gasteiger partial charge in [-0.25, -0.2) is 0 Å². The first-order valence-electron chi connectivity index (χ1n) is 6.18. The Morgan fingerprint density at radius 3 is 2.36 bits per heavy atom. The van der Waals surface area contributed by atoms with Crippen LogP contribution in [0.15, 0.2) is 0 Å². The van der Waals surface area contributed by atoms with Crippen LogP contribution in [0.1, 0.15) is 52.4 Å². The van der Waals surface area contributed by atoms with E-state index in [9.17, 15) is 0 Å². The van der Waals surface area contributed by atoms with Crippen molar-refractivity contribution in [1.29, 1.82) is 0 Å². The van der Waals surface area contributed by atoms with Gasteiger partial charge in [0.05, 0.1) is 0 Å². The molecule has 1 fully saturated rings. The molecule has 1 aliphatic carbocycles. The summed E-state index contributed by atoms with van der Waals surface area (Å²) in [5.41, 5.74) is 6.21. The minimum absolute atomic E-state index is 0.371. The van der Waals surface area contributed by atoms with Gasteiger partial charge in [-0.3, -0.25) is 4.90 Å².